The van der Waals surface area contributed by atoms with Crippen LogP contribution in [0.1, 0.15) is 24.2 Å². The van der Waals surface area contributed by atoms with Gasteiger partial charge < -0.3 is 15.2 Å². The van der Waals surface area contributed by atoms with Crippen LogP contribution < -0.4 is 15.8 Å². The SMILES string of the molecule is CCOc1ccc2nc(NC(=O)C(C)OC(=O)c3cccc(N)c3)sc2c1. The van der Waals surface area contributed by atoms with Gasteiger partial charge in [0, 0.05) is 5.69 Å². The van der Waals surface area contributed by atoms with E-state index >= 15 is 0 Å². The topological polar surface area (TPSA) is 104 Å². The van der Waals surface area contributed by atoms with Crippen LogP contribution in [-0.4, -0.2) is 29.6 Å². The first-order chi connectivity index (χ1) is 13.0. The van der Waals surface area contributed by atoms with E-state index in [2.05, 4.69) is 10.3 Å². The summed E-state index contributed by atoms with van der Waals surface area (Å²) in [4.78, 5) is 28.8. The van der Waals surface area contributed by atoms with Gasteiger partial charge in [0.25, 0.3) is 5.91 Å². The Morgan fingerprint density at radius 2 is 2.07 bits per heavy atom. The normalized spacial score (nSPS) is 11.8. The van der Waals surface area contributed by atoms with Gasteiger partial charge in [0.15, 0.2) is 11.2 Å². The van der Waals surface area contributed by atoms with Gasteiger partial charge in [0.05, 0.1) is 22.4 Å². The van der Waals surface area contributed by atoms with E-state index in [-0.39, 0.29) is 5.56 Å². The molecule has 0 saturated heterocycles. The molecule has 7 nitrogen and oxygen atoms in total. The van der Waals surface area contributed by atoms with Crippen molar-refractivity contribution in [3.8, 4) is 5.75 Å². The highest BCUT2D eigenvalue weighted by Crippen LogP contribution is 2.29. The molecule has 0 aliphatic carbocycles. The summed E-state index contributed by atoms with van der Waals surface area (Å²) in [5, 5.41) is 3.10. The molecule has 0 spiro atoms. The first kappa shape index (κ1) is 18.7. The van der Waals surface area contributed by atoms with E-state index in [1.165, 1.54) is 24.3 Å². The predicted molar refractivity (Wildman–Crippen MR) is 105 cm³/mol. The molecule has 3 N–H and O–H groups in total. The summed E-state index contributed by atoms with van der Waals surface area (Å²) < 4.78 is 11.6. The maximum Gasteiger partial charge on any atom is 0.338 e. The van der Waals surface area contributed by atoms with Crippen LogP contribution in [0.3, 0.4) is 0 Å². The number of nitrogens with two attached hydrogens (primary N) is 1. The molecule has 1 heterocycles. The molecule has 1 unspecified atom stereocenters. The molecule has 3 rings (SSSR count). The first-order valence-corrected chi connectivity index (χ1v) is 9.18. The molecule has 3 aromatic rings. The summed E-state index contributed by atoms with van der Waals surface area (Å²) in [5.41, 5.74) is 7.14. The number of nitrogen functional groups attached to an aromatic ring is 1. The summed E-state index contributed by atoms with van der Waals surface area (Å²) in [7, 11) is 0. The third-order valence-corrected chi connectivity index (χ3v) is 4.61. The van der Waals surface area contributed by atoms with E-state index in [9.17, 15) is 9.59 Å². The number of carbonyl (C=O) groups is 2. The van der Waals surface area contributed by atoms with Crippen molar-refractivity contribution in [3.63, 3.8) is 0 Å². The van der Waals surface area contributed by atoms with Crippen LogP contribution in [0.25, 0.3) is 10.2 Å². The number of nitrogens with one attached hydrogen (secondary N) is 1. The van der Waals surface area contributed by atoms with E-state index in [1.54, 1.807) is 18.2 Å². The maximum atomic E-state index is 12.3. The molecule has 1 aromatic heterocycles. The number of hydrogen-bond donors (Lipinski definition) is 2. The van der Waals surface area contributed by atoms with E-state index < -0.39 is 18.0 Å². The van der Waals surface area contributed by atoms with E-state index in [0.29, 0.717) is 17.4 Å². The van der Waals surface area contributed by atoms with Crippen LogP contribution in [0.15, 0.2) is 42.5 Å². The van der Waals surface area contributed by atoms with E-state index in [0.717, 1.165) is 16.0 Å². The lowest BCUT2D eigenvalue weighted by Crippen LogP contribution is -2.29. The number of benzene rings is 2. The molecule has 8 heteroatoms. The Hall–Kier alpha value is -3.13. The van der Waals surface area contributed by atoms with Crippen molar-refractivity contribution in [2.75, 3.05) is 17.7 Å². The zero-order valence-corrected chi connectivity index (χ0v) is 15.7. The number of amides is 1. The monoisotopic (exact) mass is 385 g/mol. The Morgan fingerprint density at radius 3 is 2.81 bits per heavy atom. The highest BCUT2D eigenvalue weighted by Gasteiger charge is 2.20. The van der Waals surface area contributed by atoms with Gasteiger partial charge in [0.2, 0.25) is 0 Å². The minimum atomic E-state index is -0.982. The number of fused-ring (bicyclic) bond motifs is 1. The Labute approximate surface area is 160 Å². The fraction of sp³-hybridized carbons (Fsp3) is 0.211. The molecule has 0 fully saturated rings. The number of thiazole rings is 1. The van der Waals surface area contributed by atoms with Crippen molar-refractivity contribution in [1.29, 1.82) is 0 Å². The summed E-state index contributed by atoms with van der Waals surface area (Å²) in [6, 6.07) is 11.9. The fourth-order valence-electron chi connectivity index (χ4n) is 2.37. The molecule has 27 heavy (non-hydrogen) atoms. The second kappa shape index (κ2) is 8.05. The van der Waals surface area contributed by atoms with Crippen LogP contribution in [0, 0.1) is 0 Å². The molecular formula is C19H19N3O4S. The molecule has 0 aliphatic rings. The van der Waals surface area contributed by atoms with Gasteiger partial charge in [0.1, 0.15) is 5.75 Å². The zero-order valence-electron chi connectivity index (χ0n) is 14.9. The summed E-state index contributed by atoms with van der Waals surface area (Å²) in [6.45, 7) is 3.98. The van der Waals surface area contributed by atoms with Gasteiger partial charge in [-0.1, -0.05) is 17.4 Å². The molecule has 1 atom stereocenters. The van der Waals surface area contributed by atoms with E-state index in [4.69, 9.17) is 15.2 Å². The Morgan fingerprint density at radius 1 is 1.26 bits per heavy atom. The Balaban J connectivity index is 1.65. The van der Waals surface area contributed by atoms with Crippen molar-refractivity contribution in [2.45, 2.75) is 20.0 Å². The second-order valence-electron chi connectivity index (χ2n) is 5.74. The van der Waals surface area contributed by atoms with Gasteiger partial charge in [-0.25, -0.2) is 9.78 Å². The highest BCUT2D eigenvalue weighted by molar-refractivity contribution is 7.22. The van der Waals surface area contributed by atoms with Crippen LogP contribution >= 0.6 is 11.3 Å². The lowest BCUT2D eigenvalue weighted by molar-refractivity contribution is -0.123. The third-order valence-electron chi connectivity index (χ3n) is 3.68. The molecule has 0 bridgehead atoms. The Kier molecular flexibility index (Phi) is 5.56. The second-order valence-corrected chi connectivity index (χ2v) is 6.77. The standard InChI is InChI=1S/C19H19N3O4S/c1-3-25-14-7-8-15-16(10-14)27-19(21-15)22-17(23)11(2)26-18(24)12-5-4-6-13(20)9-12/h4-11H,3,20H2,1-2H3,(H,21,22,23). The first-order valence-electron chi connectivity index (χ1n) is 8.37. The van der Waals surface area contributed by atoms with Crippen LogP contribution in [0.4, 0.5) is 10.8 Å². The molecule has 0 aliphatic heterocycles. The van der Waals surface area contributed by atoms with Gasteiger partial charge in [-0.15, -0.1) is 0 Å². The van der Waals surface area contributed by atoms with Gasteiger partial charge in [-0.2, -0.15) is 0 Å². The maximum absolute atomic E-state index is 12.3. The average Bonchev–Trinajstić information content (AvgIpc) is 3.03. The van der Waals surface area contributed by atoms with Gasteiger partial charge >= 0.3 is 5.97 Å². The number of ether oxygens (including phenoxy) is 2. The highest BCUT2D eigenvalue weighted by atomic mass is 32.1. The van der Waals surface area contributed by atoms with Gasteiger partial charge in [-0.3, -0.25) is 10.1 Å². The number of esters is 1. The van der Waals surface area contributed by atoms with Crippen LogP contribution in [-0.2, 0) is 9.53 Å². The quantitative estimate of drug-likeness (QED) is 0.497. The number of rotatable bonds is 6. The molecular weight excluding hydrogens is 366 g/mol. The minimum absolute atomic E-state index is 0.290. The predicted octanol–water partition coefficient (Wildman–Crippen LogP) is 3.46. The van der Waals surface area contributed by atoms with Crippen molar-refractivity contribution in [3.05, 3.63) is 48.0 Å². The third kappa shape index (κ3) is 4.53. The number of carbonyl (C=O) groups excluding carboxylic acids is 2. The lowest BCUT2D eigenvalue weighted by atomic mass is 10.2. The summed E-state index contributed by atoms with van der Waals surface area (Å²) in [5.74, 6) is -0.331. The van der Waals surface area contributed by atoms with E-state index in [1.807, 2.05) is 25.1 Å². The zero-order chi connectivity index (χ0) is 19.4. The number of nitrogens with zero attached hydrogens (tertiary/aromatic N) is 1. The van der Waals surface area contributed by atoms with Crippen LogP contribution in [0.2, 0.25) is 0 Å². The molecule has 140 valence electrons. The summed E-state index contributed by atoms with van der Waals surface area (Å²) in [6.07, 6.45) is -0.982. The van der Waals surface area contributed by atoms with Crippen molar-refractivity contribution in [1.82, 2.24) is 4.98 Å². The molecule has 0 radical (unpaired) electrons. The smallest absolute Gasteiger partial charge is 0.338 e. The van der Waals surface area contributed by atoms with Gasteiger partial charge in [-0.05, 0) is 50.2 Å². The lowest BCUT2D eigenvalue weighted by Gasteiger charge is -2.12. The van der Waals surface area contributed by atoms with Crippen molar-refractivity contribution < 1.29 is 19.1 Å². The average molecular weight is 385 g/mol. The summed E-state index contributed by atoms with van der Waals surface area (Å²) >= 11 is 1.32. The molecule has 0 saturated carbocycles. The minimum Gasteiger partial charge on any atom is -0.494 e. The van der Waals surface area contributed by atoms with Crippen molar-refractivity contribution in [2.24, 2.45) is 0 Å². The number of hydrogen-bond acceptors (Lipinski definition) is 7. The van der Waals surface area contributed by atoms with Crippen molar-refractivity contribution >= 4 is 44.2 Å². The molecule has 2 aromatic carbocycles. The largest absolute Gasteiger partial charge is 0.494 e. The number of aromatic nitrogens is 1. The van der Waals surface area contributed by atoms with Crippen LogP contribution in [0.5, 0.6) is 5.75 Å². The number of anilines is 2. The Bertz CT molecular complexity index is 986. The fourth-order valence-corrected chi connectivity index (χ4v) is 3.27. The molecule has 1 amide bonds.